The number of carbonyl (C=O) groups excluding carboxylic acids is 1. The Morgan fingerprint density at radius 3 is 2.50 bits per heavy atom. The van der Waals surface area contributed by atoms with Crippen molar-refractivity contribution >= 4 is 23.5 Å². The number of hydrogen-bond donors (Lipinski definition) is 2. The fraction of sp³-hybridized carbons (Fsp3) is 0.391. The molecule has 30 heavy (non-hydrogen) atoms. The highest BCUT2D eigenvalue weighted by atomic mass is 35.5. The molecule has 1 aliphatic rings. The molecule has 2 N–H and O–H groups in total. The lowest BCUT2D eigenvalue weighted by molar-refractivity contribution is -0.139. The van der Waals surface area contributed by atoms with Crippen LogP contribution in [0.25, 0.3) is 0 Å². The lowest BCUT2D eigenvalue weighted by Gasteiger charge is -2.43. The Balaban J connectivity index is 1.97. The van der Waals surface area contributed by atoms with Crippen LogP contribution in [-0.2, 0) is 14.3 Å². The minimum absolute atomic E-state index is 0.112. The van der Waals surface area contributed by atoms with Crippen molar-refractivity contribution in [1.29, 1.82) is 0 Å². The second-order valence-corrected chi connectivity index (χ2v) is 8.48. The number of rotatable bonds is 6. The van der Waals surface area contributed by atoms with Crippen LogP contribution < -0.4 is 10.1 Å². The number of halogens is 1. The Kier molecular flexibility index (Phi) is 6.68. The monoisotopic (exact) mass is 431 g/mol. The van der Waals surface area contributed by atoms with Crippen LogP contribution in [0.3, 0.4) is 0 Å². The molecule has 0 spiro atoms. The average Bonchev–Trinajstić information content (AvgIpc) is 2.65. The van der Waals surface area contributed by atoms with Gasteiger partial charge in [0.05, 0.1) is 12.2 Å². The van der Waals surface area contributed by atoms with Crippen molar-refractivity contribution in [1.82, 2.24) is 5.32 Å². The van der Waals surface area contributed by atoms with Crippen LogP contribution in [0.15, 0.2) is 42.5 Å². The maximum absolute atomic E-state index is 11.9. The van der Waals surface area contributed by atoms with Crippen LogP contribution in [0.4, 0.5) is 0 Å². The second-order valence-electron chi connectivity index (χ2n) is 8.04. The largest absolute Gasteiger partial charge is 0.482 e. The summed E-state index contributed by atoms with van der Waals surface area (Å²) >= 11 is 6.03. The molecule has 0 aliphatic carbocycles. The number of hydrogen-bond acceptors (Lipinski definition) is 4. The van der Waals surface area contributed by atoms with Gasteiger partial charge in [-0.2, -0.15) is 0 Å². The van der Waals surface area contributed by atoms with Crippen molar-refractivity contribution < 1.29 is 24.2 Å². The molecule has 1 fully saturated rings. The van der Waals surface area contributed by atoms with Crippen LogP contribution in [0.5, 0.6) is 5.75 Å². The Morgan fingerprint density at radius 1 is 1.20 bits per heavy atom. The van der Waals surface area contributed by atoms with Crippen LogP contribution in [0, 0.1) is 6.92 Å². The number of amides is 1. The summed E-state index contributed by atoms with van der Waals surface area (Å²) in [5.41, 5.74) is 2.17. The fourth-order valence-corrected chi connectivity index (χ4v) is 4.08. The van der Waals surface area contributed by atoms with E-state index in [-0.39, 0.29) is 18.1 Å². The summed E-state index contributed by atoms with van der Waals surface area (Å²) in [5, 5.41) is 12.7. The van der Waals surface area contributed by atoms with Crippen molar-refractivity contribution in [2.24, 2.45) is 0 Å². The quantitative estimate of drug-likeness (QED) is 0.698. The summed E-state index contributed by atoms with van der Waals surface area (Å²) < 4.78 is 12.0. The lowest BCUT2D eigenvalue weighted by atomic mass is 9.81. The second kappa shape index (κ2) is 9.06. The smallest absolute Gasteiger partial charge is 0.341 e. The van der Waals surface area contributed by atoms with Gasteiger partial charge in [-0.1, -0.05) is 35.9 Å². The zero-order valence-corrected chi connectivity index (χ0v) is 18.0. The summed E-state index contributed by atoms with van der Waals surface area (Å²) in [7, 11) is 0. The molecule has 1 aliphatic heterocycles. The molecule has 1 saturated heterocycles. The maximum atomic E-state index is 11.9. The molecule has 6 nitrogen and oxygen atoms in total. The van der Waals surface area contributed by atoms with Gasteiger partial charge in [0.15, 0.2) is 6.61 Å². The van der Waals surface area contributed by atoms with Gasteiger partial charge < -0.3 is 19.9 Å². The van der Waals surface area contributed by atoms with Gasteiger partial charge in [-0.3, -0.25) is 4.79 Å². The van der Waals surface area contributed by atoms with Gasteiger partial charge in [-0.05, 0) is 43.2 Å². The highest BCUT2D eigenvalue weighted by molar-refractivity contribution is 6.30. The SMILES string of the molecule is CC(=O)N[C@]1(C)C[C@@H](c2ccc(Cl)cc2)O[C@@H](c2ccc(C)cc2OCC(=O)O)C1. The fourth-order valence-electron chi connectivity index (χ4n) is 3.95. The van der Waals surface area contributed by atoms with Gasteiger partial charge in [-0.25, -0.2) is 4.79 Å². The van der Waals surface area contributed by atoms with Gasteiger partial charge >= 0.3 is 5.97 Å². The molecule has 0 bridgehead atoms. The number of aryl methyl sites for hydroxylation is 1. The Bertz CT molecular complexity index is 930. The minimum Gasteiger partial charge on any atom is -0.482 e. The number of benzene rings is 2. The normalized spacial score (nSPS) is 23.6. The molecular weight excluding hydrogens is 406 g/mol. The van der Waals surface area contributed by atoms with Crippen LogP contribution in [-0.4, -0.2) is 29.1 Å². The standard InChI is InChI=1S/C23H26ClNO5/c1-14-4-9-18(19(10-14)29-13-22(27)28)21-12-23(3,25-15(2)26)11-20(30-21)16-5-7-17(24)8-6-16/h4-10,20-21H,11-13H2,1-3H3,(H,25,26)(H,27,28)/t20-,21+,23+/m0/s1. The van der Waals surface area contributed by atoms with E-state index in [9.17, 15) is 9.59 Å². The van der Waals surface area contributed by atoms with E-state index < -0.39 is 18.1 Å². The first-order valence-electron chi connectivity index (χ1n) is 9.80. The van der Waals surface area contributed by atoms with Crippen molar-refractivity contribution in [3.05, 3.63) is 64.2 Å². The van der Waals surface area contributed by atoms with Crippen molar-refractivity contribution in [3.63, 3.8) is 0 Å². The summed E-state index contributed by atoms with van der Waals surface area (Å²) in [4.78, 5) is 22.9. The topological polar surface area (TPSA) is 84.9 Å². The maximum Gasteiger partial charge on any atom is 0.341 e. The van der Waals surface area contributed by atoms with E-state index in [1.54, 1.807) is 0 Å². The van der Waals surface area contributed by atoms with Gasteiger partial charge in [-0.15, -0.1) is 0 Å². The predicted molar refractivity (Wildman–Crippen MR) is 114 cm³/mol. The molecule has 0 unspecified atom stereocenters. The zero-order chi connectivity index (χ0) is 21.9. The number of ether oxygens (including phenoxy) is 2. The molecule has 160 valence electrons. The van der Waals surface area contributed by atoms with E-state index in [0.29, 0.717) is 23.6 Å². The van der Waals surface area contributed by atoms with Gasteiger partial charge in [0.1, 0.15) is 5.75 Å². The lowest BCUT2D eigenvalue weighted by Crippen LogP contribution is -2.50. The van der Waals surface area contributed by atoms with E-state index in [4.69, 9.17) is 26.2 Å². The summed E-state index contributed by atoms with van der Waals surface area (Å²) in [6.45, 7) is 4.98. The summed E-state index contributed by atoms with van der Waals surface area (Å²) in [5.74, 6) is -0.683. The van der Waals surface area contributed by atoms with E-state index in [1.807, 2.05) is 56.3 Å². The molecule has 7 heteroatoms. The minimum atomic E-state index is -1.05. The third-order valence-corrected chi connectivity index (χ3v) is 5.44. The number of nitrogens with one attached hydrogen (secondary N) is 1. The predicted octanol–water partition coefficient (Wildman–Crippen LogP) is 4.60. The Morgan fingerprint density at radius 2 is 1.87 bits per heavy atom. The summed E-state index contributed by atoms with van der Waals surface area (Å²) in [6.07, 6.45) is 0.470. The van der Waals surface area contributed by atoms with E-state index in [0.717, 1.165) is 16.7 Å². The number of aliphatic carboxylic acids is 1. The third kappa shape index (κ3) is 5.52. The van der Waals surface area contributed by atoms with E-state index in [1.165, 1.54) is 6.92 Å². The van der Waals surface area contributed by atoms with Gasteiger partial charge in [0, 0.05) is 35.9 Å². The first-order chi connectivity index (χ1) is 14.1. The first kappa shape index (κ1) is 22.1. The first-order valence-corrected chi connectivity index (χ1v) is 10.2. The van der Waals surface area contributed by atoms with E-state index in [2.05, 4.69) is 5.32 Å². The highest BCUT2D eigenvalue weighted by Gasteiger charge is 2.40. The summed E-state index contributed by atoms with van der Waals surface area (Å²) in [6, 6.07) is 13.1. The molecule has 0 saturated carbocycles. The molecule has 1 amide bonds. The average molecular weight is 432 g/mol. The van der Waals surface area contributed by atoms with Gasteiger partial charge in [0.2, 0.25) is 5.91 Å². The molecule has 2 aromatic carbocycles. The van der Waals surface area contributed by atoms with Crippen LogP contribution in [0.2, 0.25) is 5.02 Å². The van der Waals surface area contributed by atoms with Crippen molar-refractivity contribution in [3.8, 4) is 5.75 Å². The highest BCUT2D eigenvalue weighted by Crippen LogP contribution is 2.46. The molecule has 2 aromatic rings. The Labute approximate surface area is 181 Å². The van der Waals surface area contributed by atoms with Crippen molar-refractivity contribution in [2.75, 3.05) is 6.61 Å². The molecule has 3 atom stereocenters. The molecule has 0 aromatic heterocycles. The molecule has 1 heterocycles. The molecular formula is C23H26ClNO5. The van der Waals surface area contributed by atoms with Gasteiger partial charge in [0.25, 0.3) is 0 Å². The number of carboxylic acids is 1. The Hall–Kier alpha value is -2.57. The third-order valence-electron chi connectivity index (χ3n) is 5.19. The van der Waals surface area contributed by atoms with Crippen LogP contribution >= 0.6 is 11.6 Å². The molecule has 3 rings (SSSR count). The van der Waals surface area contributed by atoms with E-state index >= 15 is 0 Å². The number of carbonyl (C=O) groups is 2. The molecule has 0 radical (unpaired) electrons. The van der Waals surface area contributed by atoms with Crippen LogP contribution in [0.1, 0.15) is 55.6 Å². The zero-order valence-electron chi connectivity index (χ0n) is 17.3. The van der Waals surface area contributed by atoms with Crippen molar-refractivity contribution in [2.45, 2.75) is 51.4 Å². The number of carboxylic acid groups (broad SMARTS) is 1.